The molecule has 4 heteroatoms. The molecule has 0 atom stereocenters. The highest BCUT2D eigenvalue weighted by atomic mass is 16.6. The van der Waals surface area contributed by atoms with Crippen molar-refractivity contribution in [3.63, 3.8) is 0 Å². The molecule has 1 amide bonds. The van der Waals surface area contributed by atoms with Crippen molar-refractivity contribution in [1.82, 2.24) is 4.90 Å². The molecule has 1 aromatic rings. The number of carbonyl (C=O) groups is 1. The second-order valence-electron chi connectivity index (χ2n) is 3.47. The fourth-order valence-electron chi connectivity index (χ4n) is 1.36. The molecule has 2 rings (SSSR count). The Kier molecular flexibility index (Phi) is 3.18. The molecule has 0 unspecified atom stereocenters. The maximum atomic E-state index is 11.9. The Bertz CT molecular complexity index is 462. The summed E-state index contributed by atoms with van der Waals surface area (Å²) in [6.07, 6.45) is 1.94. The van der Waals surface area contributed by atoms with Gasteiger partial charge in [-0.05, 0) is 12.0 Å². The maximum absolute atomic E-state index is 11.9. The molecule has 1 aliphatic rings. The lowest BCUT2D eigenvalue weighted by Crippen LogP contribution is -2.27. The van der Waals surface area contributed by atoms with Crippen molar-refractivity contribution in [2.75, 3.05) is 13.1 Å². The fourth-order valence-corrected chi connectivity index (χ4v) is 1.36. The zero-order valence-corrected chi connectivity index (χ0v) is 9.33. The van der Waals surface area contributed by atoms with Gasteiger partial charge in [-0.1, -0.05) is 30.3 Å². The van der Waals surface area contributed by atoms with E-state index in [9.17, 15) is 4.79 Å². The van der Waals surface area contributed by atoms with Gasteiger partial charge in [-0.3, -0.25) is 4.90 Å². The van der Waals surface area contributed by atoms with E-state index >= 15 is 0 Å². The van der Waals surface area contributed by atoms with E-state index < -0.39 is 12.6 Å². The SMILES string of the molecule is [2H]C1([2H])CCOC=CN1C(=O)OCc1ccccc1. The van der Waals surface area contributed by atoms with Crippen LogP contribution in [0.2, 0.25) is 0 Å². The monoisotopic (exact) mass is 235 g/mol. The Hall–Kier alpha value is -1.97. The Labute approximate surface area is 103 Å². The van der Waals surface area contributed by atoms with Crippen molar-refractivity contribution < 1.29 is 17.0 Å². The van der Waals surface area contributed by atoms with Crippen molar-refractivity contribution in [3.8, 4) is 0 Å². The van der Waals surface area contributed by atoms with Gasteiger partial charge in [0, 0.05) is 12.7 Å². The first-order valence-electron chi connectivity index (χ1n) is 6.38. The van der Waals surface area contributed by atoms with Gasteiger partial charge in [-0.25, -0.2) is 4.79 Å². The van der Waals surface area contributed by atoms with Gasteiger partial charge in [0.25, 0.3) is 0 Å². The highest BCUT2D eigenvalue weighted by Crippen LogP contribution is 2.06. The Morgan fingerprint density at radius 3 is 3.12 bits per heavy atom. The summed E-state index contributed by atoms with van der Waals surface area (Å²) in [6, 6.07) is 9.25. The van der Waals surface area contributed by atoms with Gasteiger partial charge in [-0.15, -0.1) is 0 Å². The maximum Gasteiger partial charge on any atom is 0.414 e. The lowest BCUT2D eigenvalue weighted by molar-refractivity contribution is 0.111. The summed E-state index contributed by atoms with van der Waals surface area (Å²) >= 11 is 0. The molecule has 17 heavy (non-hydrogen) atoms. The largest absolute Gasteiger partial charge is 0.500 e. The average molecular weight is 235 g/mol. The lowest BCUT2D eigenvalue weighted by atomic mass is 10.2. The third-order valence-electron chi connectivity index (χ3n) is 2.21. The molecule has 4 nitrogen and oxygen atoms in total. The average Bonchev–Trinajstić information content (AvgIpc) is 2.58. The zero-order chi connectivity index (χ0) is 13.7. The van der Waals surface area contributed by atoms with E-state index in [0.717, 1.165) is 10.5 Å². The summed E-state index contributed by atoms with van der Waals surface area (Å²) < 4.78 is 25.7. The molecule has 0 spiro atoms. The van der Waals surface area contributed by atoms with Crippen LogP contribution in [0.3, 0.4) is 0 Å². The number of hydrogen-bond acceptors (Lipinski definition) is 3. The molecule has 1 heterocycles. The molecule has 0 fully saturated rings. The number of nitrogens with zero attached hydrogens (tertiary/aromatic N) is 1. The Balaban J connectivity index is 1.98. The number of carbonyl (C=O) groups excluding carboxylic acids is 1. The molecule has 0 radical (unpaired) electrons. The van der Waals surface area contributed by atoms with E-state index in [-0.39, 0.29) is 19.6 Å². The van der Waals surface area contributed by atoms with E-state index in [2.05, 4.69) is 0 Å². The van der Waals surface area contributed by atoms with Crippen LogP contribution in [-0.2, 0) is 16.1 Å². The van der Waals surface area contributed by atoms with Crippen LogP contribution in [0.25, 0.3) is 0 Å². The van der Waals surface area contributed by atoms with Gasteiger partial charge < -0.3 is 9.47 Å². The van der Waals surface area contributed by atoms with Crippen LogP contribution in [0.15, 0.2) is 42.8 Å². The minimum atomic E-state index is -1.80. The van der Waals surface area contributed by atoms with E-state index in [1.165, 1.54) is 12.5 Å². The molecule has 1 aliphatic heterocycles. The molecule has 0 saturated heterocycles. The van der Waals surface area contributed by atoms with Gasteiger partial charge in [-0.2, -0.15) is 0 Å². The number of benzene rings is 1. The van der Waals surface area contributed by atoms with Crippen molar-refractivity contribution in [1.29, 1.82) is 0 Å². The summed E-state index contributed by atoms with van der Waals surface area (Å²) in [4.78, 5) is 12.8. The van der Waals surface area contributed by atoms with Crippen LogP contribution in [0, 0.1) is 0 Å². The molecule has 0 aliphatic carbocycles. The topological polar surface area (TPSA) is 38.8 Å². The summed E-state index contributed by atoms with van der Waals surface area (Å²) in [5.41, 5.74) is 0.853. The highest BCUT2D eigenvalue weighted by Gasteiger charge is 2.13. The normalized spacial score (nSPS) is 19.6. The van der Waals surface area contributed by atoms with Crippen LogP contribution in [-0.4, -0.2) is 24.1 Å². The first kappa shape index (κ1) is 9.10. The molecule has 1 aromatic carbocycles. The van der Waals surface area contributed by atoms with Crippen LogP contribution < -0.4 is 0 Å². The lowest BCUT2D eigenvalue weighted by Gasteiger charge is -2.15. The van der Waals surface area contributed by atoms with Gasteiger partial charge in [0.15, 0.2) is 0 Å². The molecular weight excluding hydrogens is 218 g/mol. The van der Waals surface area contributed by atoms with E-state index in [0.29, 0.717) is 0 Å². The van der Waals surface area contributed by atoms with Gasteiger partial charge >= 0.3 is 6.09 Å². The standard InChI is InChI=1S/C13H15NO3/c15-13(14-7-4-9-16-10-8-14)17-11-12-5-2-1-3-6-12/h1-3,5-6,8,10H,4,7,9,11H2/i7D2. The summed E-state index contributed by atoms with van der Waals surface area (Å²) in [5.74, 6) is 0. The van der Waals surface area contributed by atoms with Crippen LogP contribution in [0.1, 0.15) is 14.7 Å². The molecule has 0 N–H and O–H groups in total. The Morgan fingerprint density at radius 2 is 2.29 bits per heavy atom. The predicted octanol–water partition coefficient (Wildman–Crippen LogP) is 2.52. The van der Waals surface area contributed by atoms with Crippen molar-refractivity contribution >= 4 is 6.09 Å². The first-order valence-corrected chi connectivity index (χ1v) is 5.38. The third-order valence-corrected chi connectivity index (χ3v) is 2.21. The highest BCUT2D eigenvalue weighted by molar-refractivity contribution is 5.68. The van der Waals surface area contributed by atoms with Crippen LogP contribution in [0.5, 0.6) is 0 Å². The van der Waals surface area contributed by atoms with E-state index in [4.69, 9.17) is 12.2 Å². The van der Waals surface area contributed by atoms with Crippen LogP contribution in [0.4, 0.5) is 4.79 Å². The van der Waals surface area contributed by atoms with Crippen LogP contribution >= 0.6 is 0 Å². The molecular formula is C13H15NO3. The zero-order valence-electron chi connectivity index (χ0n) is 11.3. The quantitative estimate of drug-likeness (QED) is 0.790. The minimum Gasteiger partial charge on any atom is -0.500 e. The summed E-state index contributed by atoms with van der Waals surface area (Å²) in [6.45, 7) is -1.46. The molecule has 0 saturated carbocycles. The minimum absolute atomic E-state index is 0.0977. The second-order valence-corrected chi connectivity index (χ2v) is 3.47. The van der Waals surface area contributed by atoms with Gasteiger partial charge in [0.1, 0.15) is 6.61 Å². The van der Waals surface area contributed by atoms with E-state index in [1.807, 2.05) is 30.3 Å². The number of amides is 1. The molecule has 0 aromatic heterocycles. The summed E-state index contributed by atoms with van der Waals surface area (Å²) in [5, 5.41) is 0. The summed E-state index contributed by atoms with van der Waals surface area (Å²) in [7, 11) is 0. The number of hydrogen-bond donors (Lipinski definition) is 0. The molecule has 90 valence electrons. The predicted molar refractivity (Wildman–Crippen MR) is 63.0 cm³/mol. The van der Waals surface area contributed by atoms with Gasteiger partial charge in [0.05, 0.1) is 15.6 Å². The molecule has 0 bridgehead atoms. The Morgan fingerprint density at radius 1 is 1.47 bits per heavy atom. The number of rotatable bonds is 2. The van der Waals surface area contributed by atoms with Crippen molar-refractivity contribution in [2.24, 2.45) is 0 Å². The first-order chi connectivity index (χ1) is 9.09. The smallest absolute Gasteiger partial charge is 0.414 e. The van der Waals surface area contributed by atoms with Gasteiger partial charge in [0.2, 0.25) is 0 Å². The number of ether oxygens (including phenoxy) is 2. The second kappa shape index (κ2) is 5.94. The van der Waals surface area contributed by atoms with Crippen molar-refractivity contribution in [3.05, 3.63) is 48.4 Å². The fraction of sp³-hybridized carbons (Fsp3) is 0.308. The third kappa shape index (κ3) is 3.52. The van der Waals surface area contributed by atoms with E-state index in [1.54, 1.807) is 0 Å². The van der Waals surface area contributed by atoms with Crippen molar-refractivity contribution in [2.45, 2.75) is 13.0 Å².